The van der Waals surface area contributed by atoms with Crippen molar-refractivity contribution in [3.05, 3.63) is 45.9 Å². The highest BCUT2D eigenvalue weighted by molar-refractivity contribution is 7.09. The summed E-state index contributed by atoms with van der Waals surface area (Å²) in [6, 6.07) is 7.45. The van der Waals surface area contributed by atoms with Crippen molar-refractivity contribution in [3.63, 3.8) is 0 Å². The zero-order valence-electron chi connectivity index (χ0n) is 20.5. The maximum atomic E-state index is 13.0. The molecule has 1 aliphatic rings. The molecule has 1 aromatic carbocycles. The number of hydrogen-bond acceptors (Lipinski definition) is 7. The molecule has 4 amide bonds. The second-order valence-corrected chi connectivity index (χ2v) is 8.90. The summed E-state index contributed by atoms with van der Waals surface area (Å²) in [7, 11) is 1.59. The third-order valence-corrected chi connectivity index (χ3v) is 6.52. The predicted molar refractivity (Wildman–Crippen MR) is 134 cm³/mol. The fraction of sp³-hybridized carbons (Fsp3) is 0.500. The fourth-order valence-corrected chi connectivity index (χ4v) is 4.50. The summed E-state index contributed by atoms with van der Waals surface area (Å²) in [5.41, 5.74) is 2.18. The highest BCUT2D eigenvalue weighted by Gasteiger charge is 2.27. The molecule has 0 radical (unpaired) electrons. The third-order valence-electron chi connectivity index (χ3n) is 5.68. The Morgan fingerprint density at radius 3 is 2.51 bits per heavy atom. The Bertz CT molecular complexity index is 1010. The topological polar surface area (TPSA) is 104 Å². The number of amides is 4. The summed E-state index contributed by atoms with van der Waals surface area (Å²) in [5.74, 6) is -0.180. The minimum atomic E-state index is -0.355. The molecule has 0 bridgehead atoms. The van der Waals surface area contributed by atoms with Gasteiger partial charge in [0.25, 0.3) is 5.91 Å². The molecule has 0 saturated carbocycles. The van der Waals surface area contributed by atoms with Gasteiger partial charge in [-0.2, -0.15) is 0 Å². The van der Waals surface area contributed by atoms with Gasteiger partial charge in [0.1, 0.15) is 10.7 Å². The predicted octanol–water partition coefficient (Wildman–Crippen LogP) is 3.30. The highest BCUT2D eigenvalue weighted by Crippen LogP contribution is 2.19. The molecule has 1 aliphatic heterocycles. The van der Waals surface area contributed by atoms with Gasteiger partial charge in [0, 0.05) is 50.9 Å². The van der Waals surface area contributed by atoms with Crippen LogP contribution in [0.4, 0.5) is 15.3 Å². The molecule has 2 aromatic rings. The van der Waals surface area contributed by atoms with Gasteiger partial charge >= 0.3 is 12.1 Å². The van der Waals surface area contributed by atoms with Crippen LogP contribution in [0, 0.1) is 0 Å². The maximum absolute atomic E-state index is 13.0. The summed E-state index contributed by atoms with van der Waals surface area (Å²) in [6.45, 7) is 6.84. The Labute approximate surface area is 209 Å². The van der Waals surface area contributed by atoms with Crippen molar-refractivity contribution in [2.45, 2.75) is 26.8 Å². The number of anilines is 1. The first-order chi connectivity index (χ1) is 17.0. The summed E-state index contributed by atoms with van der Waals surface area (Å²) in [4.78, 5) is 47.3. The molecule has 1 N–H and O–H groups in total. The van der Waals surface area contributed by atoms with Crippen molar-refractivity contribution in [3.8, 4) is 0 Å². The minimum absolute atomic E-state index is 0.180. The van der Waals surface area contributed by atoms with E-state index in [1.807, 2.05) is 31.2 Å². The number of para-hydroxylation sites is 1. The van der Waals surface area contributed by atoms with Crippen molar-refractivity contribution >= 4 is 35.1 Å². The van der Waals surface area contributed by atoms with Crippen LogP contribution in [0.15, 0.2) is 29.6 Å². The molecule has 11 heteroatoms. The number of ether oxygens (including phenoxy) is 2. The lowest BCUT2D eigenvalue weighted by molar-refractivity contribution is 0.0566. The standard InChI is InChI=1S/C24H33N5O5S/c1-4-18-8-6-7-9-19(18)26-23(31)29(14-15-33-3)16-21-25-20(17-35-21)22(30)27-10-12-28(13-11-27)24(32)34-5-2/h6-9,17H,4-5,10-16H2,1-3H3,(H,26,31). The van der Waals surface area contributed by atoms with Crippen molar-refractivity contribution in [1.82, 2.24) is 19.7 Å². The second-order valence-electron chi connectivity index (χ2n) is 7.96. The van der Waals surface area contributed by atoms with E-state index in [4.69, 9.17) is 9.47 Å². The SMILES string of the molecule is CCOC(=O)N1CCN(C(=O)c2csc(CN(CCOC)C(=O)Nc3ccccc3CC)n2)CC1. The highest BCUT2D eigenvalue weighted by atomic mass is 32.1. The van der Waals surface area contributed by atoms with Crippen LogP contribution in [-0.2, 0) is 22.4 Å². The molecule has 1 aromatic heterocycles. The molecule has 1 fully saturated rings. The number of aromatic nitrogens is 1. The quantitative estimate of drug-likeness (QED) is 0.563. The van der Waals surface area contributed by atoms with Crippen LogP contribution in [0.5, 0.6) is 0 Å². The van der Waals surface area contributed by atoms with Gasteiger partial charge in [-0.05, 0) is 25.0 Å². The number of methoxy groups -OCH3 is 1. The molecule has 0 unspecified atom stereocenters. The number of nitrogens with zero attached hydrogens (tertiary/aromatic N) is 4. The van der Waals surface area contributed by atoms with E-state index < -0.39 is 0 Å². The summed E-state index contributed by atoms with van der Waals surface area (Å²) in [5, 5.41) is 5.36. The van der Waals surface area contributed by atoms with Crippen LogP contribution >= 0.6 is 11.3 Å². The lowest BCUT2D eigenvalue weighted by Gasteiger charge is -2.33. The number of carbonyl (C=O) groups excluding carboxylic acids is 3. The van der Waals surface area contributed by atoms with Crippen LogP contribution in [0.1, 0.15) is 34.9 Å². The van der Waals surface area contributed by atoms with Crippen LogP contribution in [-0.4, -0.2) is 90.8 Å². The van der Waals surface area contributed by atoms with Gasteiger partial charge in [0.05, 0.1) is 19.8 Å². The maximum Gasteiger partial charge on any atom is 0.409 e. The first-order valence-corrected chi connectivity index (χ1v) is 12.6. The number of hydrogen-bond donors (Lipinski definition) is 1. The molecule has 0 spiro atoms. The number of urea groups is 1. The van der Waals surface area contributed by atoms with E-state index in [0.29, 0.717) is 56.6 Å². The Morgan fingerprint density at radius 1 is 1.11 bits per heavy atom. The van der Waals surface area contributed by atoms with E-state index in [-0.39, 0.29) is 24.6 Å². The number of rotatable bonds is 9. The molecule has 190 valence electrons. The number of piperazine rings is 1. The van der Waals surface area contributed by atoms with Crippen LogP contribution in [0.3, 0.4) is 0 Å². The Morgan fingerprint density at radius 2 is 1.83 bits per heavy atom. The monoisotopic (exact) mass is 503 g/mol. The van der Waals surface area contributed by atoms with Crippen LogP contribution < -0.4 is 5.32 Å². The molecular weight excluding hydrogens is 470 g/mol. The summed E-state index contributed by atoms with van der Waals surface area (Å²) < 4.78 is 10.2. The molecule has 0 atom stereocenters. The molecule has 10 nitrogen and oxygen atoms in total. The zero-order valence-corrected chi connectivity index (χ0v) is 21.3. The first kappa shape index (κ1) is 26.4. The molecule has 2 heterocycles. The van der Waals surface area contributed by atoms with Gasteiger partial charge in [-0.15, -0.1) is 11.3 Å². The van der Waals surface area contributed by atoms with Gasteiger partial charge in [-0.25, -0.2) is 14.6 Å². The number of thiazole rings is 1. The Hall–Kier alpha value is -3.18. The number of carbonyl (C=O) groups is 3. The Balaban J connectivity index is 1.61. The van der Waals surface area contributed by atoms with Crippen molar-refractivity contribution in [2.75, 3.05) is 58.4 Å². The van der Waals surface area contributed by atoms with E-state index in [1.54, 1.807) is 34.1 Å². The zero-order chi connectivity index (χ0) is 25.2. The molecule has 0 aliphatic carbocycles. The van der Waals surface area contributed by atoms with E-state index >= 15 is 0 Å². The smallest absolute Gasteiger partial charge is 0.409 e. The molecular formula is C24H33N5O5S. The van der Waals surface area contributed by atoms with Crippen LogP contribution in [0.25, 0.3) is 0 Å². The lowest BCUT2D eigenvalue weighted by atomic mass is 10.1. The van der Waals surface area contributed by atoms with E-state index in [0.717, 1.165) is 17.7 Å². The second kappa shape index (κ2) is 13.1. The fourth-order valence-electron chi connectivity index (χ4n) is 3.71. The summed E-state index contributed by atoms with van der Waals surface area (Å²) in [6.07, 6.45) is 0.451. The molecule has 3 rings (SSSR count). The van der Waals surface area contributed by atoms with E-state index in [9.17, 15) is 14.4 Å². The Kier molecular flexibility index (Phi) is 9.86. The van der Waals surface area contributed by atoms with Crippen molar-refractivity contribution in [2.24, 2.45) is 0 Å². The lowest BCUT2D eigenvalue weighted by Crippen LogP contribution is -2.50. The van der Waals surface area contributed by atoms with Gasteiger partial charge in [0.15, 0.2) is 0 Å². The van der Waals surface area contributed by atoms with E-state index in [2.05, 4.69) is 10.3 Å². The average Bonchev–Trinajstić information content (AvgIpc) is 3.35. The third kappa shape index (κ3) is 7.15. The number of nitrogens with one attached hydrogen (secondary N) is 1. The number of aryl methyl sites for hydroxylation is 1. The van der Waals surface area contributed by atoms with Gasteiger partial charge in [-0.1, -0.05) is 25.1 Å². The van der Waals surface area contributed by atoms with Crippen LogP contribution in [0.2, 0.25) is 0 Å². The molecule has 35 heavy (non-hydrogen) atoms. The van der Waals surface area contributed by atoms with Gasteiger partial charge in [-0.3, -0.25) is 4.79 Å². The first-order valence-electron chi connectivity index (χ1n) is 11.7. The largest absolute Gasteiger partial charge is 0.450 e. The van der Waals surface area contributed by atoms with Crippen molar-refractivity contribution in [1.29, 1.82) is 0 Å². The van der Waals surface area contributed by atoms with E-state index in [1.165, 1.54) is 11.3 Å². The van der Waals surface area contributed by atoms with Crippen molar-refractivity contribution < 1.29 is 23.9 Å². The molecule has 1 saturated heterocycles. The van der Waals surface area contributed by atoms with Gasteiger partial charge in [0.2, 0.25) is 0 Å². The van der Waals surface area contributed by atoms with Gasteiger partial charge < -0.3 is 29.5 Å². The summed E-state index contributed by atoms with van der Waals surface area (Å²) >= 11 is 1.34. The minimum Gasteiger partial charge on any atom is -0.450 e. The normalized spacial score (nSPS) is 13.5. The average molecular weight is 504 g/mol. The number of benzene rings is 1.